The molecular formula is C14H18N2O3S. The second kappa shape index (κ2) is 7.15. The molecule has 0 heterocycles. The Bertz CT molecular complexity index is 550. The lowest BCUT2D eigenvalue weighted by Crippen LogP contribution is -2.08. The molecular weight excluding hydrogens is 276 g/mol. The molecule has 0 saturated carbocycles. The quantitative estimate of drug-likeness (QED) is 0.438. The normalized spacial score (nSPS) is 12.7. The summed E-state index contributed by atoms with van der Waals surface area (Å²) < 4.78 is 12.1. The van der Waals surface area contributed by atoms with Crippen molar-refractivity contribution in [3.63, 3.8) is 0 Å². The van der Waals surface area contributed by atoms with E-state index in [1.807, 2.05) is 13.8 Å². The van der Waals surface area contributed by atoms with E-state index >= 15 is 0 Å². The van der Waals surface area contributed by atoms with Crippen molar-refractivity contribution in [1.29, 1.82) is 5.26 Å². The van der Waals surface area contributed by atoms with Crippen LogP contribution in [0, 0.1) is 26.9 Å². The van der Waals surface area contributed by atoms with E-state index in [9.17, 15) is 14.3 Å². The maximum absolute atomic E-state index is 12.1. The van der Waals surface area contributed by atoms with Crippen LogP contribution >= 0.6 is 0 Å². The highest BCUT2D eigenvalue weighted by Gasteiger charge is 2.19. The molecule has 5 nitrogen and oxygen atoms in total. The van der Waals surface area contributed by atoms with Gasteiger partial charge in [-0.1, -0.05) is 18.6 Å². The van der Waals surface area contributed by atoms with Crippen LogP contribution in [0.1, 0.15) is 33.1 Å². The van der Waals surface area contributed by atoms with Crippen LogP contribution in [0.3, 0.4) is 0 Å². The maximum Gasteiger partial charge on any atom is 0.285 e. The zero-order chi connectivity index (χ0) is 15.2. The van der Waals surface area contributed by atoms with Crippen molar-refractivity contribution in [3.8, 4) is 6.07 Å². The Morgan fingerprint density at radius 3 is 2.60 bits per heavy atom. The predicted molar refractivity (Wildman–Crippen MR) is 77.6 cm³/mol. The Kier molecular flexibility index (Phi) is 5.83. The molecule has 0 radical (unpaired) electrons. The van der Waals surface area contributed by atoms with Crippen LogP contribution in [0.2, 0.25) is 0 Å². The zero-order valence-electron chi connectivity index (χ0n) is 11.7. The van der Waals surface area contributed by atoms with E-state index in [1.54, 1.807) is 12.1 Å². The molecule has 20 heavy (non-hydrogen) atoms. The van der Waals surface area contributed by atoms with Gasteiger partial charge in [-0.25, -0.2) is 0 Å². The maximum atomic E-state index is 12.1. The Morgan fingerprint density at radius 1 is 1.35 bits per heavy atom. The first kappa shape index (κ1) is 16.3. The van der Waals surface area contributed by atoms with Crippen LogP contribution in [0.5, 0.6) is 0 Å². The summed E-state index contributed by atoms with van der Waals surface area (Å²) in [7, 11) is -1.37. The topological polar surface area (TPSA) is 84.0 Å². The van der Waals surface area contributed by atoms with Crippen LogP contribution < -0.4 is 0 Å². The summed E-state index contributed by atoms with van der Waals surface area (Å²) >= 11 is 0. The molecule has 6 heteroatoms. The van der Waals surface area contributed by atoms with Crippen molar-refractivity contribution in [1.82, 2.24) is 0 Å². The molecule has 1 aromatic carbocycles. The molecule has 1 unspecified atom stereocenters. The molecule has 1 rings (SSSR count). The summed E-state index contributed by atoms with van der Waals surface area (Å²) in [6, 6.07) is 8.34. The summed E-state index contributed by atoms with van der Waals surface area (Å²) in [6.45, 7) is 3.73. The van der Waals surface area contributed by atoms with Gasteiger partial charge >= 0.3 is 0 Å². The smallest absolute Gasteiger partial charge is 0.258 e. The molecule has 0 bridgehead atoms. The molecule has 0 fully saturated rings. The summed E-state index contributed by atoms with van der Waals surface area (Å²) in [5, 5.41) is 19.8. The lowest BCUT2D eigenvalue weighted by molar-refractivity contribution is -0.387. The molecule has 0 saturated heterocycles. The van der Waals surface area contributed by atoms with Crippen molar-refractivity contribution in [2.24, 2.45) is 5.41 Å². The van der Waals surface area contributed by atoms with Gasteiger partial charge in [0.15, 0.2) is 0 Å². The van der Waals surface area contributed by atoms with Gasteiger partial charge in [-0.15, -0.1) is 0 Å². The Balaban J connectivity index is 2.57. The first-order valence-electron chi connectivity index (χ1n) is 6.40. The molecule has 0 N–H and O–H groups in total. The van der Waals surface area contributed by atoms with E-state index in [0.29, 0.717) is 12.2 Å². The number of para-hydroxylation sites is 1. The zero-order valence-corrected chi connectivity index (χ0v) is 12.5. The highest BCUT2D eigenvalue weighted by atomic mass is 32.2. The molecule has 0 aromatic heterocycles. The third-order valence-electron chi connectivity index (χ3n) is 2.99. The molecule has 1 aromatic rings. The number of rotatable bonds is 7. The fraction of sp³-hybridized carbons (Fsp3) is 0.500. The van der Waals surface area contributed by atoms with E-state index in [-0.39, 0.29) is 16.0 Å². The third kappa shape index (κ3) is 4.74. The standard InChI is InChI=1S/C14H18N2O3S/c1-14(2,11-15)9-5-6-10-20(19)13-8-4-3-7-12(13)16(17)18/h3-4,7-8H,5-6,9-10H2,1-2H3. The van der Waals surface area contributed by atoms with E-state index in [1.165, 1.54) is 12.1 Å². The van der Waals surface area contributed by atoms with Crippen LogP contribution in [-0.4, -0.2) is 14.9 Å². The first-order chi connectivity index (χ1) is 9.37. The molecule has 0 aliphatic heterocycles. The Hall–Kier alpha value is -1.74. The van der Waals surface area contributed by atoms with Gasteiger partial charge in [0.2, 0.25) is 0 Å². The lowest BCUT2D eigenvalue weighted by atomic mass is 9.89. The molecule has 1 atom stereocenters. The summed E-state index contributed by atoms with van der Waals surface area (Å²) in [5.41, 5.74) is -0.469. The molecule has 0 amide bonds. The number of nitro groups is 1. The monoisotopic (exact) mass is 294 g/mol. The average Bonchev–Trinajstić information content (AvgIpc) is 2.43. The fourth-order valence-corrected chi connectivity index (χ4v) is 3.06. The second-order valence-corrected chi connectivity index (χ2v) is 6.77. The fourth-order valence-electron chi connectivity index (χ4n) is 1.77. The first-order valence-corrected chi connectivity index (χ1v) is 7.72. The van der Waals surface area contributed by atoms with Gasteiger partial charge in [-0.2, -0.15) is 5.26 Å². The number of nitrogens with zero attached hydrogens (tertiary/aromatic N) is 2. The van der Waals surface area contributed by atoms with Crippen LogP contribution in [0.25, 0.3) is 0 Å². The summed E-state index contributed by atoms with van der Waals surface area (Å²) in [5.74, 6) is 0.381. The number of nitriles is 1. The van der Waals surface area contributed by atoms with E-state index < -0.39 is 15.7 Å². The molecule has 0 aliphatic rings. The highest BCUT2D eigenvalue weighted by molar-refractivity contribution is 7.85. The Morgan fingerprint density at radius 2 is 2.00 bits per heavy atom. The van der Waals surface area contributed by atoms with E-state index in [4.69, 9.17) is 5.26 Å². The van der Waals surface area contributed by atoms with Gasteiger partial charge < -0.3 is 0 Å². The van der Waals surface area contributed by atoms with Gasteiger partial charge in [0.05, 0.1) is 27.2 Å². The van der Waals surface area contributed by atoms with Crippen molar-refractivity contribution in [2.45, 2.75) is 38.0 Å². The van der Waals surface area contributed by atoms with Crippen LogP contribution in [-0.2, 0) is 10.8 Å². The van der Waals surface area contributed by atoms with E-state index in [0.717, 1.165) is 12.8 Å². The predicted octanol–water partition coefficient (Wildman–Crippen LogP) is 3.42. The Labute approximate surface area is 121 Å². The average molecular weight is 294 g/mol. The lowest BCUT2D eigenvalue weighted by Gasteiger charge is -2.14. The van der Waals surface area contributed by atoms with Gasteiger partial charge in [-0.05, 0) is 32.8 Å². The van der Waals surface area contributed by atoms with Crippen molar-refractivity contribution in [3.05, 3.63) is 34.4 Å². The molecule has 108 valence electrons. The van der Waals surface area contributed by atoms with Gasteiger partial charge in [0.1, 0.15) is 4.90 Å². The minimum Gasteiger partial charge on any atom is -0.258 e. The minimum atomic E-state index is -1.37. The number of nitro benzene ring substituents is 1. The summed E-state index contributed by atoms with van der Waals surface area (Å²) in [6.07, 6.45) is 2.20. The third-order valence-corrected chi connectivity index (χ3v) is 4.49. The number of benzene rings is 1. The SMILES string of the molecule is CC(C)(C#N)CCCCS(=O)c1ccccc1[N+](=O)[O-]. The number of hydrogen-bond acceptors (Lipinski definition) is 4. The van der Waals surface area contributed by atoms with Gasteiger partial charge in [-0.3, -0.25) is 14.3 Å². The van der Waals surface area contributed by atoms with E-state index in [2.05, 4.69) is 6.07 Å². The van der Waals surface area contributed by atoms with Gasteiger partial charge in [0, 0.05) is 11.8 Å². The molecule has 0 aliphatic carbocycles. The van der Waals surface area contributed by atoms with Crippen molar-refractivity contribution < 1.29 is 9.13 Å². The van der Waals surface area contributed by atoms with Gasteiger partial charge in [0.25, 0.3) is 5.69 Å². The number of hydrogen-bond donors (Lipinski definition) is 0. The van der Waals surface area contributed by atoms with Crippen molar-refractivity contribution >= 4 is 16.5 Å². The second-order valence-electron chi connectivity index (χ2n) is 5.23. The largest absolute Gasteiger partial charge is 0.285 e. The molecule has 0 spiro atoms. The van der Waals surface area contributed by atoms with Crippen LogP contribution in [0.15, 0.2) is 29.2 Å². The van der Waals surface area contributed by atoms with Crippen LogP contribution in [0.4, 0.5) is 5.69 Å². The van der Waals surface area contributed by atoms with Crippen molar-refractivity contribution in [2.75, 3.05) is 5.75 Å². The number of unbranched alkanes of at least 4 members (excludes halogenated alkanes) is 1. The highest BCUT2D eigenvalue weighted by Crippen LogP contribution is 2.24. The minimum absolute atomic E-state index is 0.0943. The summed E-state index contributed by atoms with van der Waals surface area (Å²) in [4.78, 5) is 10.6.